The zero-order valence-electron chi connectivity index (χ0n) is 19.5. The van der Waals surface area contributed by atoms with Crippen molar-refractivity contribution in [2.75, 3.05) is 0 Å². The van der Waals surface area contributed by atoms with E-state index in [1.54, 1.807) is 6.07 Å². The normalized spacial score (nSPS) is 18.5. The van der Waals surface area contributed by atoms with Crippen LogP contribution in [0, 0.1) is 17.6 Å². The van der Waals surface area contributed by atoms with Crippen molar-refractivity contribution < 1.29 is 26.7 Å². The lowest BCUT2D eigenvalue weighted by Gasteiger charge is -2.28. The third-order valence-electron chi connectivity index (χ3n) is 7.06. The summed E-state index contributed by atoms with van der Waals surface area (Å²) in [5, 5.41) is 1.41. The standard InChI is InChI=1S/C29H29F5O/c1-2-3-4-19-5-9-21(10-6-19)23-14-15-25-24(18-23)13-12-22(28(25)31)11-7-20-8-16-27(26(30)17-20)35-29(32,33)34/h2,8,12-19,21H,1,3-7,9-11H2. The Labute approximate surface area is 202 Å². The molecule has 1 aliphatic carbocycles. The molecule has 1 nitrogen and oxygen atoms in total. The molecule has 3 aromatic rings. The number of alkyl halides is 3. The minimum atomic E-state index is -4.96. The van der Waals surface area contributed by atoms with Crippen molar-refractivity contribution in [3.05, 3.63) is 89.5 Å². The molecule has 0 unspecified atom stereocenters. The van der Waals surface area contributed by atoms with Gasteiger partial charge >= 0.3 is 6.36 Å². The highest BCUT2D eigenvalue weighted by atomic mass is 19.4. The zero-order valence-corrected chi connectivity index (χ0v) is 19.5. The fourth-order valence-electron chi connectivity index (χ4n) is 5.13. The Hall–Kier alpha value is -2.89. The number of rotatable bonds is 8. The molecule has 0 aromatic heterocycles. The van der Waals surface area contributed by atoms with Crippen molar-refractivity contribution in [1.82, 2.24) is 0 Å². The maximum absolute atomic E-state index is 15.2. The molecule has 0 spiro atoms. The average Bonchev–Trinajstić information content (AvgIpc) is 2.83. The number of halogens is 5. The number of allylic oxidation sites excluding steroid dienone is 1. The number of ether oxygens (including phenoxy) is 1. The molecule has 0 bridgehead atoms. The number of aryl methyl sites for hydroxylation is 2. The minimum Gasteiger partial charge on any atom is -0.403 e. The van der Waals surface area contributed by atoms with E-state index < -0.39 is 17.9 Å². The first kappa shape index (κ1) is 25.2. The molecule has 0 radical (unpaired) electrons. The van der Waals surface area contributed by atoms with Gasteiger partial charge in [-0.2, -0.15) is 0 Å². The van der Waals surface area contributed by atoms with Gasteiger partial charge in [-0.15, -0.1) is 19.8 Å². The minimum absolute atomic E-state index is 0.290. The first-order valence-corrected chi connectivity index (χ1v) is 12.1. The van der Waals surface area contributed by atoms with E-state index in [0.29, 0.717) is 35.3 Å². The van der Waals surface area contributed by atoms with Crippen molar-refractivity contribution in [3.63, 3.8) is 0 Å². The third kappa shape index (κ3) is 6.41. The highest BCUT2D eigenvalue weighted by Gasteiger charge is 2.32. The average molecular weight is 489 g/mol. The number of fused-ring (bicyclic) bond motifs is 1. The van der Waals surface area contributed by atoms with E-state index in [1.807, 2.05) is 24.3 Å². The largest absolute Gasteiger partial charge is 0.573 e. The van der Waals surface area contributed by atoms with Crippen LogP contribution in [0.25, 0.3) is 10.8 Å². The van der Waals surface area contributed by atoms with Gasteiger partial charge in [0, 0.05) is 5.39 Å². The van der Waals surface area contributed by atoms with E-state index in [4.69, 9.17) is 0 Å². The second kappa shape index (κ2) is 10.8. The van der Waals surface area contributed by atoms with Crippen LogP contribution in [0.4, 0.5) is 22.0 Å². The molecular weight excluding hydrogens is 459 g/mol. The summed E-state index contributed by atoms with van der Waals surface area (Å²) in [7, 11) is 0. The molecular formula is C29H29F5O. The quantitative estimate of drug-likeness (QED) is 0.227. The molecule has 35 heavy (non-hydrogen) atoms. The molecule has 0 heterocycles. The predicted octanol–water partition coefficient (Wildman–Crippen LogP) is 9.04. The summed E-state index contributed by atoms with van der Waals surface area (Å²) in [4.78, 5) is 0. The van der Waals surface area contributed by atoms with Gasteiger partial charge in [0.25, 0.3) is 0 Å². The van der Waals surface area contributed by atoms with Gasteiger partial charge in [-0.25, -0.2) is 8.78 Å². The van der Waals surface area contributed by atoms with Crippen LogP contribution in [0.5, 0.6) is 5.75 Å². The summed E-state index contributed by atoms with van der Waals surface area (Å²) in [6.45, 7) is 3.81. The Morgan fingerprint density at radius 2 is 1.69 bits per heavy atom. The smallest absolute Gasteiger partial charge is 0.403 e. The maximum Gasteiger partial charge on any atom is 0.573 e. The third-order valence-corrected chi connectivity index (χ3v) is 7.06. The van der Waals surface area contributed by atoms with Crippen LogP contribution in [0.1, 0.15) is 61.1 Å². The van der Waals surface area contributed by atoms with Gasteiger partial charge in [-0.3, -0.25) is 0 Å². The predicted molar refractivity (Wildman–Crippen MR) is 129 cm³/mol. The molecule has 0 aliphatic heterocycles. The van der Waals surface area contributed by atoms with Crippen LogP contribution >= 0.6 is 0 Å². The van der Waals surface area contributed by atoms with Crippen LogP contribution in [0.3, 0.4) is 0 Å². The van der Waals surface area contributed by atoms with Gasteiger partial charge in [0.15, 0.2) is 11.6 Å². The number of hydrogen-bond donors (Lipinski definition) is 0. The topological polar surface area (TPSA) is 9.23 Å². The second-order valence-electron chi connectivity index (χ2n) is 9.42. The number of benzene rings is 3. The Morgan fingerprint density at radius 1 is 0.914 bits per heavy atom. The first-order chi connectivity index (χ1) is 16.7. The summed E-state index contributed by atoms with van der Waals surface area (Å²) < 4.78 is 69.8. The van der Waals surface area contributed by atoms with Crippen molar-refractivity contribution in [3.8, 4) is 5.75 Å². The van der Waals surface area contributed by atoms with Gasteiger partial charge < -0.3 is 4.74 Å². The Kier molecular flexibility index (Phi) is 7.78. The van der Waals surface area contributed by atoms with Crippen LogP contribution in [0.15, 0.2) is 61.2 Å². The van der Waals surface area contributed by atoms with Gasteiger partial charge in [0.1, 0.15) is 5.82 Å². The van der Waals surface area contributed by atoms with Crippen molar-refractivity contribution in [2.45, 2.75) is 63.6 Å². The molecule has 4 rings (SSSR count). The molecule has 0 atom stereocenters. The van der Waals surface area contributed by atoms with Gasteiger partial charge in [0.2, 0.25) is 0 Å². The Morgan fingerprint density at radius 3 is 2.37 bits per heavy atom. The number of hydrogen-bond acceptors (Lipinski definition) is 1. The molecule has 0 N–H and O–H groups in total. The summed E-state index contributed by atoms with van der Waals surface area (Å²) in [6, 6.07) is 12.9. The van der Waals surface area contributed by atoms with Gasteiger partial charge in [-0.1, -0.05) is 42.5 Å². The maximum atomic E-state index is 15.2. The lowest BCUT2D eigenvalue weighted by Crippen LogP contribution is -2.18. The van der Waals surface area contributed by atoms with E-state index in [-0.39, 0.29) is 5.82 Å². The molecule has 1 aliphatic rings. The highest BCUT2D eigenvalue weighted by molar-refractivity contribution is 5.84. The SMILES string of the molecule is C=CCCC1CCC(c2ccc3c(F)c(CCc4ccc(OC(F)(F)F)c(F)c4)ccc3c2)CC1. The van der Waals surface area contributed by atoms with Crippen molar-refractivity contribution in [1.29, 1.82) is 0 Å². The fraction of sp³-hybridized carbons (Fsp3) is 0.379. The van der Waals surface area contributed by atoms with Crippen LogP contribution in [-0.4, -0.2) is 6.36 Å². The van der Waals surface area contributed by atoms with E-state index >= 15 is 4.39 Å². The molecule has 3 aromatic carbocycles. The monoisotopic (exact) mass is 488 g/mol. The Bertz CT molecular complexity index is 1180. The van der Waals surface area contributed by atoms with Crippen LogP contribution in [0.2, 0.25) is 0 Å². The molecule has 186 valence electrons. The van der Waals surface area contributed by atoms with E-state index in [2.05, 4.69) is 17.4 Å². The molecule has 0 saturated heterocycles. The zero-order chi connectivity index (χ0) is 25.0. The van der Waals surface area contributed by atoms with E-state index in [1.165, 1.54) is 30.9 Å². The molecule has 1 saturated carbocycles. The summed E-state index contributed by atoms with van der Waals surface area (Å²) in [6.07, 6.45) is 4.63. The van der Waals surface area contributed by atoms with E-state index in [0.717, 1.165) is 42.7 Å². The summed E-state index contributed by atoms with van der Waals surface area (Å²) in [5.74, 6) is -1.01. The lowest BCUT2D eigenvalue weighted by atomic mass is 9.77. The van der Waals surface area contributed by atoms with Gasteiger partial charge in [-0.05, 0) is 97.4 Å². The first-order valence-electron chi connectivity index (χ1n) is 12.1. The van der Waals surface area contributed by atoms with Crippen molar-refractivity contribution in [2.24, 2.45) is 5.92 Å². The highest BCUT2D eigenvalue weighted by Crippen LogP contribution is 2.38. The summed E-state index contributed by atoms with van der Waals surface area (Å²) >= 11 is 0. The second-order valence-corrected chi connectivity index (χ2v) is 9.42. The summed E-state index contributed by atoms with van der Waals surface area (Å²) in [5.41, 5.74) is 2.21. The fourth-order valence-corrected chi connectivity index (χ4v) is 5.13. The van der Waals surface area contributed by atoms with E-state index in [9.17, 15) is 17.6 Å². The molecule has 6 heteroatoms. The Balaban J connectivity index is 1.42. The van der Waals surface area contributed by atoms with Gasteiger partial charge in [0.05, 0.1) is 0 Å². The van der Waals surface area contributed by atoms with Crippen LogP contribution in [-0.2, 0) is 12.8 Å². The van der Waals surface area contributed by atoms with Crippen LogP contribution < -0.4 is 4.74 Å². The van der Waals surface area contributed by atoms with Crippen molar-refractivity contribution >= 4 is 10.8 Å². The lowest BCUT2D eigenvalue weighted by molar-refractivity contribution is -0.275. The molecule has 1 fully saturated rings. The molecule has 0 amide bonds.